The zero-order valence-corrected chi connectivity index (χ0v) is 17.2. The van der Waals surface area contributed by atoms with Crippen molar-refractivity contribution in [3.05, 3.63) is 34.4 Å². The van der Waals surface area contributed by atoms with E-state index in [1.165, 1.54) is 11.1 Å². The van der Waals surface area contributed by atoms with Gasteiger partial charge in [0.1, 0.15) is 0 Å². The molecule has 4 heteroatoms. The molecule has 26 heavy (non-hydrogen) atoms. The van der Waals surface area contributed by atoms with Gasteiger partial charge in [-0.25, -0.2) is 9.59 Å². The van der Waals surface area contributed by atoms with Crippen molar-refractivity contribution in [3.63, 3.8) is 0 Å². The van der Waals surface area contributed by atoms with Gasteiger partial charge in [0, 0.05) is 6.42 Å². The molecule has 0 saturated carbocycles. The van der Waals surface area contributed by atoms with E-state index in [-0.39, 0.29) is 17.8 Å². The molecule has 0 aromatic heterocycles. The molecule has 0 fully saturated rings. The smallest absolute Gasteiger partial charge is 0.334 e. The van der Waals surface area contributed by atoms with Crippen LogP contribution >= 0.6 is 0 Å². The van der Waals surface area contributed by atoms with Crippen LogP contribution in [0.5, 0.6) is 0 Å². The Kier molecular flexibility index (Phi) is 9.39. The average Bonchev–Trinajstić information content (AvgIpc) is 2.57. The maximum absolute atomic E-state index is 12.6. The molecule has 0 aliphatic heterocycles. The predicted molar refractivity (Wildman–Crippen MR) is 105 cm³/mol. The molecule has 146 valence electrons. The number of rotatable bonds is 9. The Morgan fingerprint density at radius 3 is 2.04 bits per heavy atom. The standard InChI is InChI=1S/C22H34O4/c1-15(2)8-7-9-18-10-11-19(21(23)25-13-16(3)4)20(12-18)22(24)26-14-17(5)6/h8,10,16-17H,7,9,11-14H2,1-6H3. The van der Waals surface area contributed by atoms with Crippen LogP contribution in [0.1, 0.15) is 67.2 Å². The van der Waals surface area contributed by atoms with Gasteiger partial charge in [0.25, 0.3) is 0 Å². The number of hydrogen-bond acceptors (Lipinski definition) is 4. The molecule has 0 aromatic carbocycles. The number of esters is 2. The molecular formula is C22H34O4. The molecule has 0 unspecified atom stereocenters. The number of carbonyl (C=O) groups excluding carboxylic acids is 2. The van der Waals surface area contributed by atoms with Crippen LogP contribution in [0.15, 0.2) is 34.4 Å². The van der Waals surface area contributed by atoms with Crippen LogP contribution in [0.3, 0.4) is 0 Å². The number of allylic oxidation sites excluding steroid dienone is 4. The van der Waals surface area contributed by atoms with E-state index in [4.69, 9.17) is 9.47 Å². The highest BCUT2D eigenvalue weighted by Gasteiger charge is 2.27. The van der Waals surface area contributed by atoms with Crippen molar-refractivity contribution >= 4 is 11.9 Å². The first-order valence-electron chi connectivity index (χ1n) is 9.58. The largest absolute Gasteiger partial charge is 0.462 e. The number of carbonyl (C=O) groups is 2. The highest BCUT2D eigenvalue weighted by molar-refractivity contribution is 6.01. The third kappa shape index (κ3) is 8.03. The molecule has 1 aliphatic rings. The van der Waals surface area contributed by atoms with Gasteiger partial charge in [0.05, 0.1) is 24.4 Å². The van der Waals surface area contributed by atoms with Gasteiger partial charge in [0.15, 0.2) is 0 Å². The first-order valence-corrected chi connectivity index (χ1v) is 9.58. The Hall–Kier alpha value is -1.84. The predicted octanol–water partition coefficient (Wildman–Crippen LogP) is 5.15. The third-order valence-corrected chi connectivity index (χ3v) is 3.97. The lowest BCUT2D eigenvalue weighted by molar-refractivity contribution is -0.143. The molecule has 0 saturated heterocycles. The molecule has 0 atom stereocenters. The van der Waals surface area contributed by atoms with Crippen LogP contribution in [-0.4, -0.2) is 25.2 Å². The summed E-state index contributed by atoms with van der Waals surface area (Å²) in [5.74, 6) is -0.264. The first-order chi connectivity index (χ1) is 12.2. The molecule has 0 spiro atoms. The van der Waals surface area contributed by atoms with Gasteiger partial charge < -0.3 is 9.47 Å². The van der Waals surface area contributed by atoms with Gasteiger partial charge in [-0.05, 0) is 44.9 Å². The van der Waals surface area contributed by atoms with Crippen molar-refractivity contribution in [2.75, 3.05) is 13.2 Å². The van der Waals surface area contributed by atoms with Crippen molar-refractivity contribution < 1.29 is 19.1 Å². The highest BCUT2D eigenvalue weighted by Crippen LogP contribution is 2.29. The molecule has 0 N–H and O–H groups in total. The van der Waals surface area contributed by atoms with Gasteiger partial charge in [-0.1, -0.05) is 51.0 Å². The summed E-state index contributed by atoms with van der Waals surface area (Å²) in [6, 6.07) is 0. The van der Waals surface area contributed by atoms with E-state index in [9.17, 15) is 9.59 Å². The Bertz CT molecular complexity index is 587. The minimum Gasteiger partial charge on any atom is -0.462 e. The molecule has 0 amide bonds. The van der Waals surface area contributed by atoms with Gasteiger partial charge in [-0.15, -0.1) is 0 Å². The zero-order chi connectivity index (χ0) is 19.7. The number of hydrogen-bond donors (Lipinski definition) is 0. The molecule has 1 aliphatic carbocycles. The Morgan fingerprint density at radius 2 is 1.54 bits per heavy atom. The van der Waals surface area contributed by atoms with Gasteiger partial charge in [0.2, 0.25) is 0 Å². The second-order valence-corrected chi connectivity index (χ2v) is 8.01. The molecule has 1 rings (SSSR count). The summed E-state index contributed by atoms with van der Waals surface area (Å²) in [7, 11) is 0. The number of ether oxygens (including phenoxy) is 2. The lowest BCUT2D eigenvalue weighted by Crippen LogP contribution is -2.21. The van der Waals surface area contributed by atoms with E-state index in [0.717, 1.165) is 12.8 Å². The highest BCUT2D eigenvalue weighted by atomic mass is 16.5. The summed E-state index contributed by atoms with van der Waals surface area (Å²) in [5, 5.41) is 0. The molecular weight excluding hydrogens is 328 g/mol. The fourth-order valence-electron chi connectivity index (χ4n) is 2.57. The minimum absolute atomic E-state index is 0.257. The average molecular weight is 363 g/mol. The fourth-order valence-corrected chi connectivity index (χ4v) is 2.57. The van der Waals surface area contributed by atoms with Crippen molar-refractivity contribution in [3.8, 4) is 0 Å². The van der Waals surface area contributed by atoms with Crippen LogP contribution in [-0.2, 0) is 19.1 Å². The molecule has 0 bridgehead atoms. The van der Waals surface area contributed by atoms with Crippen LogP contribution < -0.4 is 0 Å². The lowest BCUT2D eigenvalue weighted by Gasteiger charge is -2.20. The molecule has 0 radical (unpaired) electrons. The van der Waals surface area contributed by atoms with Crippen molar-refractivity contribution in [1.29, 1.82) is 0 Å². The molecule has 4 nitrogen and oxygen atoms in total. The van der Waals surface area contributed by atoms with Crippen molar-refractivity contribution in [2.24, 2.45) is 11.8 Å². The van der Waals surface area contributed by atoms with Crippen molar-refractivity contribution in [2.45, 2.75) is 67.2 Å². The third-order valence-electron chi connectivity index (χ3n) is 3.97. The molecule has 0 aromatic rings. The van der Waals surface area contributed by atoms with E-state index in [2.05, 4.69) is 26.0 Å². The van der Waals surface area contributed by atoms with Crippen molar-refractivity contribution in [1.82, 2.24) is 0 Å². The van der Waals surface area contributed by atoms with E-state index in [1.807, 2.05) is 27.7 Å². The van der Waals surface area contributed by atoms with E-state index in [1.54, 1.807) is 0 Å². The minimum atomic E-state index is -0.394. The summed E-state index contributed by atoms with van der Waals surface area (Å²) in [6.45, 7) is 12.8. The van der Waals surface area contributed by atoms with Gasteiger partial charge >= 0.3 is 11.9 Å². The van der Waals surface area contributed by atoms with Gasteiger partial charge in [-0.2, -0.15) is 0 Å². The zero-order valence-electron chi connectivity index (χ0n) is 17.2. The fraction of sp³-hybridized carbons (Fsp3) is 0.636. The maximum Gasteiger partial charge on any atom is 0.334 e. The van der Waals surface area contributed by atoms with Gasteiger partial charge in [-0.3, -0.25) is 0 Å². The summed E-state index contributed by atoms with van der Waals surface area (Å²) >= 11 is 0. The first kappa shape index (κ1) is 22.2. The second kappa shape index (κ2) is 11.0. The second-order valence-electron chi connectivity index (χ2n) is 8.01. The van der Waals surface area contributed by atoms with E-state index in [0.29, 0.717) is 37.2 Å². The summed E-state index contributed by atoms with van der Waals surface area (Å²) in [5.41, 5.74) is 3.38. The Morgan fingerprint density at radius 1 is 1.00 bits per heavy atom. The normalized spacial score (nSPS) is 14.4. The summed E-state index contributed by atoms with van der Waals surface area (Å²) in [6.07, 6.45) is 6.99. The van der Waals surface area contributed by atoms with Crippen LogP contribution in [0.4, 0.5) is 0 Å². The summed E-state index contributed by atoms with van der Waals surface area (Å²) < 4.78 is 10.7. The Balaban J connectivity index is 2.89. The maximum atomic E-state index is 12.6. The lowest BCUT2D eigenvalue weighted by atomic mass is 9.89. The van der Waals surface area contributed by atoms with Crippen LogP contribution in [0.25, 0.3) is 0 Å². The summed E-state index contributed by atoms with van der Waals surface area (Å²) in [4.78, 5) is 25.0. The van der Waals surface area contributed by atoms with Crippen LogP contribution in [0.2, 0.25) is 0 Å². The Labute approximate surface area is 158 Å². The SMILES string of the molecule is CC(C)=CCCC1=CCC(C(=O)OCC(C)C)=C(C(=O)OCC(C)C)C1. The topological polar surface area (TPSA) is 52.6 Å². The quantitative estimate of drug-likeness (QED) is 0.420. The monoisotopic (exact) mass is 362 g/mol. The van der Waals surface area contributed by atoms with Crippen LogP contribution in [0, 0.1) is 11.8 Å². The van der Waals surface area contributed by atoms with E-state index < -0.39 is 5.97 Å². The molecule has 0 heterocycles. The van der Waals surface area contributed by atoms with E-state index >= 15 is 0 Å².